The molecular weight excluding hydrogens is 162 g/mol. The van der Waals surface area contributed by atoms with Gasteiger partial charge in [0.15, 0.2) is 0 Å². The van der Waals surface area contributed by atoms with Crippen LogP contribution in [0, 0.1) is 11.8 Å². The van der Waals surface area contributed by atoms with Gasteiger partial charge in [-0.2, -0.15) is 0 Å². The number of rotatable bonds is 4. The topological polar surface area (TPSA) is 21.3 Å². The lowest BCUT2D eigenvalue weighted by molar-refractivity contribution is 0.0936. The number of hydrogen-bond acceptors (Lipinski definition) is 2. The lowest BCUT2D eigenvalue weighted by Gasteiger charge is -2.26. The molecule has 1 aliphatic heterocycles. The normalized spacial score (nSPS) is 31.2. The van der Waals surface area contributed by atoms with E-state index in [9.17, 15) is 0 Å². The maximum absolute atomic E-state index is 5.59. The molecule has 0 saturated carbocycles. The van der Waals surface area contributed by atoms with E-state index in [2.05, 4.69) is 33.1 Å². The maximum Gasteiger partial charge on any atom is 0.0590 e. The molecular formula is C11H23NO. The molecule has 78 valence electrons. The summed E-state index contributed by atoms with van der Waals surface area (Å²) in [7, 11) is 2.07. The average molecular weight is 185 g/mol. The molecule has 1 fully saturated rings. The predicted molar refractivity (Wildman–Crippen MR) is 55.8 cm³/mol. The van der Waals surface area contributed by atoms with E-state index in [1.165, 1.54) is 12.8 Å². The van der Waals surface area contributed by atoms with E-state index in [1.54, 1.807) is 0 Å². The molecule has 1 N–H and O–H groups in total. The molecule has 1 saturated heterocycles. The first kappa shape index (κ1) is 11.0. The van der Waals surface area contributed by atoms with E-state index in [4.69, 9.17) is 4.74 Å². The van der Waals surface area contributed by atoms with E-state index < -0.39 is 0 Å². The zero-order valence-corrected chi connectivity index (χ0v) is 9.34. The molecule has 2 nitrogen and oxygen atoms in total. The molecule has 1 aliphatic rings. The zero-order valence-electron chi connectivity index (χ0n) is 9.34. The minimum Gasteiger partial charge on any atom is -0.378 e. The van der Waals surface area contributed by atoms with Gasteiger partial charge in [-0.15, -0.1) is 0 Å². The standard InChI is InChI=1S/C11H23NO/c1-8(2)7-11(12-4)10-5-6-13-9(10)3/h8-12H,5-7H2,1-4H3. The fraction of sp³-hybridized carbons (Fsp3) is 1.00. The van der Waals surface area contributed by atoms with Crippen LogP contribution in [0.15, 0.2) is 0 Å². The smallest absolute Gasteiger partial charge is 0.0590 e. The van der Waals surface area contributed by atoms with Gasteiger partial charge in [-0.3, -0.25) is 0 Å². The monoisotopic (exact) mass is 185 g/mol. The van der Waals surface area contributed by atoms with E-state index in [1.807, 2.05) is 0 Å². The second-order valence-electron chi connectivity index (χ2n) is 4.55. The van der Waals surface area contributed by atoms with Crippen molar-refractivity contribution in [2.45, 2.75) is 45.8 Å². The van der Waals surface area contributed by atoms with Gasteiger partial charge in [-0.25, -0.2) is 0 Å². The molecule has 0 aromatic heterocycles. The molecule has 0 bridgehead atoms. The highest BCUT2D eigenvalue weighted by Crippen LogP contribution is 2.26. The van der Waals surface area contributed by atoms with Crippen LogP contribution in [-0.2, 0) is 4.74 Å². The van der Waals surface area contributed by atoms with Crippen molar-refractivity contribution in [2.24, 2.45) is 11.8 Å². The fourth-order valence-electron chi connectivity index (χ4n) is 2.29. The first-order chi connectivity index (χ1) is 6.15. The van der Waals surface area contributed by atoms with Crippen LogP contribution in [0.4, 0.5) is 0 Å². The summed E-state index contributed by atoms with van der Waals surface area (Å²) < 4.78 is 5.59. The van der Waals surface area contributed by atoms with Crippen LogP contribution >= 0.6 is 0 Å². The molecule has 1 rings (SSSR count). The second-order valence-corrected chi connectivity index (χ2v) is 4.55. The van der Waals surface area contributed by atoms with Crippen molar-refractivity contribution in [1.82, 2.24) is 5.32 Å². The zero-order chi connectivity index (χ0) is 9.84. The largest absolute Gasteiger partial charge is 0.378 e. The van der Waals surface area contributed by atoms with Gasteiger partial charge in [-0.1, -0.05) is 13.8 Å². The van der Waals surface area contributed by atoms with Crippen LogP contribution < -0.4 is 5.32 Å². The molecule has 13 heavy (non-hydrogen) atoms. The molecule has 3 atom stereocenters. The predicted octanol–water partition coefficient (Wildman–Crippen LogP) is 2.05. The third-order valence-electron chi connectivity index (χ3n) is 3.05. The van der Waals surface area contributed by atoms with Gasteiger partial charge in [-0.05, 0) is 32.7 Å². The minimum atomic E-state index is 0.441. The van der Waals surface area contributed by atoms with Crippen LogP contribution in [0.2, 0.25) is 0 Å². The fourth-order valence-corrected chi connectivity index (χ4v) is 2.29. The van der Waals surface area contributed by atoms with Crippen LogP contribution in [0.25, 0.3) is 0 Å². The SMILES string of the molecule is CNC(CC(C)C)C1CCOC1C. The highest BCUT2D eigenvalue weighted by atomic mass is 16.5. The summed E-state index contributed by atoms with van der Waals surface area (Å²) in [5.41, 5.74) is 0. The number of nitrogens with one attached hydrogen (secondary N) is 1. The molecule has 2 heteroatoms. The van der Waals surface area contributed by atoms with Crippen LogP contribution in [0.5, 0.6) is 0 Å². The van der Waals surface area contributed by atoms with Crippen molar-refractivity contribution in [3.05, 3.63) is 0 Å². The Hall–Kier alpha value is -0.0800. The van der Waals surface area contributed by atoms with Crippen molar-refractivity contribution in [3.8, 4) is 0 Å². The lowest BCUT2D eigenvalue weighted by atomic mass is 9.88. The Labute approximate surface area is 82.0 Å². The Bertz CT molecular complexity index is 147. The quantitative estimate of drug-likeness (QED) is 0.723. The summed E-state index contributed by atoms with van der Waals surface area (Å²) >= 11 is 0. The van der Waals surface area contributed by atoms with E-state index in [0.717, 1.165) is 12.5 Å². The first-order valence-corrected chi connectivity index (χ1v) is 5.44. The van der Waals surface area contributed by atoms with Gasteiger partial charge in [0.25, 0.3) is 0 Å². The van der Waals surface area contributed by atoms with E-state index in [-0.39, 0.29) is 0 Å². The average Bonchev–Trinajstić information content (AvgIpc) is 2.47. The van der Waals surface area contributed by atoms with E-state index in [0.29, 0.717) is 18.1 Å². The third-order valence-corrected chi connectivity index (χ3v) is 3.05. The number of ether oxygens (including phenoxy) is 1. The Morgan fingerprint density at radius 3 is 2.54 bits per heavy atom. The second kappa shape index (κ2) is 4.97. The van der Waals surface area contributed by atoms with Gasteiger partial charge in [0.1, 0.15) is 0 Å². The first-order valence-electron chi connectivity index (χ1n) is 5.44. The van der Waals surface area contributed by atoms with Crippen molar-refractivity contribution < 1.29 is 4.74 Å². The van der Waals surface area contributed by atoms with Crippen molar-refractivity contribution in [2.75, 3.05) is 13.7 Å². The molecule has 0 aromatic rings. The Balaban J connectivity index is 2.45. The molecule has 0 radical (unpaired) electrons. The van der Waals surface area contributed by atoms with Gasteiger partial charge >= 0.3 is 0 Å². The van der Waals surface area contributed by atoms with Gasteiger partial charge < -0.3 is 10.1 Å². The third kappa shape index (κ3) is 2.96. The van der Waals surface area contributed by atoms with Crippen molar-refractivity contribution in [3.63, 3.8) is 0 Å². The van der Waals surface area contributed by atoms with Crippen molar-refractivity contribution in [1.29, 1.82) is 0 Å². The van der Waals surface area contributed by atoms with Gasteiger partial charge in [0.2, 0.25) is 0 Å². The molecule has 0 aliphatic carbocycles. The summed E-state index contributed by atoms with van der Waals surface area (Å²) in [5.74, 6) is 1.48. The van der Waals surface area contributed by atoms with Crippen LogP contribution in [0.1, 0.15) is 33.6 Å². The highest BCUT2D eigenvalue weighted by Gasteiger charge is 2.30. The number of hydrogen-bond donors (Lipinski definition) is 1. The molecule has 0 spiro atoms. The Morgan fingerprint density at radius 2 is 2.15 bits per heavy atom. The molecule has 1 heterocycles. The maximum atomic E-state index is 5.59. The van der Waals surface area contributed by atoms with Crippen LogP contribution in [-0.4, -0.2) is 25.8 Å². The van der Waals surface area contributed by atoms with Gasteiger partial charge in [0, 0.05) is 18.6 Å². The summed E-state index contributed by atoms with van der Waals surface area (Å²) in [6.07, 6.45) is 2.92. The Morgan fingerprint density at radius 1 is 1.46 bits per heavy atom. The summed E-state index contributed by atoms with van der Waals surface area (Å²) in [6.45, 7) is 7.71. The van der Waals surface area contributed by atoms with Gasteiger partial charge in [0.05, 0.1) is 6.10 Å². The van der Waals surface area contributed by atoms with Crippen molar-refractivity contribution >= 4 is 0 Å². The summed E-state index contributed by atoms with van der Waals surface area (Å²) in [5, 5.41) is 3.43. The highest BCUT2D eigenvalue weighted by molar-refractivity contribution is 4.84. The van der Waals surface area contributed by atoms with E-state index >= 15 is 0 Å². The molecule has 0 aromatic carbocycles. The molecule has 3 unspecified atom stereocenters. The summed E-state index contributed by atoms with van der Waals surface area (Å²) in [6, 6.07) is 0.637. The lowest BCUT2D eigenvalue weighted by Crippen LogP contribution is -2.38. The molecule has 0 amide bonds. The summed E-state index contributed by atoms with van der Waals surface area (Å²) in [4.78, 5) is 0. The Kier molecular flexibility index (Phi) is 4.20. The minimum absolute atomic E-state index is 0.441. The van der Waals surface area contributed by atoms with Crippen LogP contribution in [0.3, 0.4) is 0 Å².